The maximum atomic E-state index is 6.25. The maximum Gasteiger partial charge on any atom is 0.193 e. The maximum absolute atomic E-state index is 6.25. The number of nitrogens with one attached hydrogen (secondary N) is 3. The molecule has 37 heavy (non-hydrogen) atoms. The minimum Gasteiger partial charge on any atom is -0.382 e. The third kappa shape index (κ3) is 9.25. The summed E-state index contributed by atoms with van der Waals surface area (Å²) in [7, 11) is 0. The number of nitrogens with zero attached hydrogens (tertiary/aromatic N) is 3. The first-order valence-electron chi connectivity index (χ1n) is 12.9. The molecule has 1 fully saturated rings. The van der Waals surface area contributed by atoms with Crippen LogP contribution in [0.15, 0.2) is 28.2 Å². The van der Waals surface area contributed by atoms with Gasteiger partial charge in [-0.25, -0.2) is 0 Å². The Bertz CT molecular complexity index is 1000. The number of anilines is 1. The Labute approximate surface area is 241 Å². The van der Waals surface area contributed by atoms with Crippen molar-refractivity contribution in [3.05, 3.63) is 28.2 Å². The minimum atomic E-state index is 0.0111. The van der Waals surface area contributed by atoms with E-state index in [9.17, 15) is 0 Å². The van der Waals surface area contributed by atoms with Crippen LogP contribution in [0.4, 0.5) is 5.69 Å². The quantitative estimate of drug-likeness (QED) is 0.224. The Hall–Kier alpha value is -1.10. The van der Waals surface area contributed by atoms with Crippen LogP contribution in [-0.2, 0) is 4.74 Å². The standard InChI is InChI=1S/C26H40Cl2N6OS2/c1-7-35-12-8-11-29-24(36)34(19-14-25(3,4)33-26(5,6)15-19)17(2)16-30-22-32-23(37-22)31-21-13-18(27)9-10-20(21)28/h9-10,13,17,19,33H,7-8,11-12,14-16H2,1-6H3,(H,29,36)(H,30,31,32). The molecule has 0 radical (unpaired) electrons. The first kappa shape index (κ1) is 30.4. The van der Waals surface area contributed by atoms with Crippen LogP contribution in [0.3, 0.4) is 0 Å². The molecule has 0 spiro atoms. The molecule has 1 aromatic carbocycles. The zero-order valence-corrected chi connectivity index (χ0v) is 25.8. The number of ether oxygens (including phenoxy) is 1. The van der Waals surface area contributed by atoms with E-state index in [2.05, 4.69) is 60.5 Å². The molecule has 2 heterocycles. The lowest BCUT2D eigenvalue weighted by Crippen LogP contribution is -2.65. The molecule has 11 heteroatoms. The molecule has 2 aliphatic heterocycles. The van der Waals surface area contributed by atoms with Gasteiger partial charge < -0.3 is 25.6 Å². The number of piperidine rings is 1. The normalized spacial score (nSPS) is 20.6. The number of thioether (sulfide) groups is 1. The highest BCUT2D eigenvalue weighted by molar-refractivity contribution is 8.29. The predicted octanol–water partition coefficient (Wildman–Crippen LogP) is 6.16. The summed E-state index contributed by atoms with van der Waals surface area (Å²) in [5.41, 5.74) is 0.754. The molecule has 1 aromatic rings. The second-order valence-electron chi connectivity index (χ2n) is 10.9. The lowest BCUT2D eigenvalue weighted by molar-refractivity contribution is 0.0880. The number of hydrogen-bond acceptors (Lipinski definition) is 6. The molecule has 0 saturated carbocycles. The first-order chi connectivity index (χ1) is 17.4. The van der Waals surface area contributed by atoms with Crippen molar-refractivity contribution in [2.45, 2.75) is 84.0 Å². The Morgan fingerprint density at radius 1 is 1.30 bits per heavy atom. The first-order valence-corrected chi connectivity index (χ1v) is 14.8. The van der Waals surface area contributed by atoms with Crippen molar-refractivity contribution in [1.82, 2.24) is 15.5 Å². The highest BCUT2D eigenvalue weighted by Gasteiger charge is 2.41. The molecule has 1 atom stereocenters. The van der Waals surface area contributed by atoms with Gasteiger partial charge in [-0.1, -0.05) is 23.2 Å². The summed E-state index contributed by atoms with van der Waals surface area (Å²) in [6.45, 7) is 16.1. The average Bonchev–Trinajstić information content (AvgIpc) is 2.75. The van der Waals surface area contributed by atoms with Crippen LogP contribution in [-0.4, -0.2) is 69.8 Å². The lowest BCUT2D eigenvalue weighted by atomic mass is 9.78. The minimum absolute atomic E-state index is 0.0111. The molecular formula is C26H40Cl2N6OS2. The van der Waals surface area contributed by atoms with Crippen LogP contribution in [0.2, 0.25) is 10.0 Å². The van der Waals surface area contributed by atoms with Gasteiger partial charge in [0.25, 0.3) is 0 Å². The Balaban J connectivity index is 1.66. The van der Waals surface area contributed by atoms with Crippen LogP contribution in [0, 0.1) is 0 Å². The van der Waals surface area contributed by atoms with Crippen LogP contribution < -0.4 is 16.0 Å². The number of thiocarbonyl (C=S) groups is 1. The predicted molar refractivity (Wildman–Crippen MR) is 165 cm³/mol. The van der Waals surface area contributed by atoms with Crippen molar-refractivity contribution in [3.63, 3.8) is 0 Å². The molecule has 3 N–H and O–H groups in total. The van der Waals surface area contributed by atoms with Gasteiger partial charge >= 0.3 is 0 Å². The number of benzene rings is 1. The van der Waals surface area contributed by atoms with Crippen molar-refractivity contribution in [2.24, 2.45) is 9.98 Å². The summed E-state index contributed by atoms with van der Waals surface area (Å²) < 4.78 is 5.48. The number of halogens is 2. The number of aliphatic imine (C=N–C) groups is 2. The van der Waals surface area contributed by atoms with Crippen molar-refractivity contribution >= 4 is 68.3 Å². The van der Waals surface area contributed by atoms with Gasteiger partial charge in [-0.2, -0.15) is 4.99 Å². The van der Waals surface area contributed by atoms with Gasteiger partial charge in [0.05, 0.1) is 17.3 Å². The number of rotatable bonds is 10. The number of amidine groups is 2. The molecule has 7 nitrogen and oxygen atoms in total. The van der Waals surface area contributed by atoms with Crippen molar-refractivity contribution < 1.29 is 4.74 Å². The second-order valence-corrected chi connectivity index (χ2v) is 13.1. The molecule has 0 amide bonds. The van der Waals surface area contributed by atoms with Crippen LogP contribution >= 0.6 is 47.2 Å². The summed E-state index contributed by atoms with van der Waals surface area (Å²) in [6, 6.07) is 5.72. The summed E-state index contributed by atoms with van der Waals surface area (Å²) >= 11 is 19.8. The van der Waals surface area contributed by atoms with E-state index in [0.717, 1.165) is 60.2 Å². The summed E-state index contributed by atoms with van der Waals surface area (Å²) in [5, 5.41) is 14.0. The molecule has 206 valence electrons. The molecule has 0 bridgehead atoms. The fraction of sp³-hybridized carbons (Fsp3) is 0.654. The topological polar surface area (TPSA) is 73.3 Å². The lowest BCUT2D eigenvalue weighted by Gasteiger charge is -2.51. The molecule has 1 saturated heterocycles. The zero-order valence-electron chi connectivity index (χ0n) is 22.7. The van der Waals surface area contributed by atoms with Crippen molar-refractivity contribution in [2.75, 3.05) is 31.6 Å². The zero-order chi connectivity index (χ0) is 27.2. The van der Waals surface area contributed by atoms with Crippen LogP contribution in [0.25, 0.3) is 0 Å². The number of hydrogen-bond donors (Lipinski definition) is 3. The van der Waals surface area contributed by atoms with E-state index in [1.165, 1.54) is 11.8 Å². The van der Waals surface area contributed by atoms with Crippen LogP contribution in [0.1, 0.15) is 60.8 Å². The third-order valence-electron chi connectivity index (χ3n) is 6.26. The van der Waals surface area contributed by atoms with Gasteiger partial charge in [0, 0.05) is 47.9 Å². The largest absolute Gasteiger partial charge is 0.382 e. The van der Waals surface area contributed by atoms with Crippen molar-refractivity contribution in [3.8, 4) is 0 Å². The molecular weight excluding hydrogens is 547 g/mol. The smallest absolute Gasteiger partial charge is 0.193 e. The molecule has 0 aliphatic carbocycles. The summed E-state index contributed by atoms with van der Waals surface area (Å²) in [4.78, 5) is 11.7. The Morgan fingerprint density at radius 2 is 1.97 bits per heavy atom. The van der Waals surface area contributed by atoms with E-state index in [1.807, 2.05) is 6.92 Å². The van der Waals surface area contributed by atoms with E-state index < -0.39 is 0 Å². The highest BCUT2D eigenvalue weighted by atomic mass is 35.5. The van der Waals surface area contributed by atoms with Crippen LogP contribution in [0.5, 0.6) is 0 Å². The second kappa shape index (κ2) is 13.3. The summed E-state index contributed by atoms with van der Waals surface area (Å²) in [6.07, 6.45) is 2.92. The van der Waals surface area contributed by atoms with E-state index in [-0.39, 0.29) is 17.1 Å². The van der Waals surface area contributed by atoms with Gasteiger partial charge in [-0.05, 0) is 103 Å². The molecule has 2 aliphatic rings. The monoisotopic (exact) mass is 586 g/mol. The third-order valence-corrected chi connectivity index (χ3v) is 7.97. The molecule has 3 rings (SSSR count). The SMILES string of the molecule is CCOCCCNC(=S)N(C(C)CN=C1N=C(Nc2cc(Cl)ccc2Cl)S1)C1CC(C)(C)NC(C)(C)C1. The summed E-state index contributed by atoms with van der Waals surface area (Å²) in [5.74, 6) is 0. The van der Waals surface area contributed by atoms with E-state index in [4.69, 9.17) is 45.1 Å². The highest BCUT2D eigenvalue weighted by Crippen LogP contribution is 2.33. The van der Waals surface area contributed by atoms with Gasteiger partial charge in [-0.15, -0.1) is 0 Å². The van der Waals surface area contributed by atoms with Crippen molar-refractivity contribution in [1.29, 1.82) is 0 Å². The van der Waals surface area contributed by atoms with E-state index in [0.29, 0.717) is 22.6 Å². The Kier molecular flexibility index (Phi) is 10.9. The molecule has 0 aromatic heterocycles. The van der Waals surface area contributed by atoms with E-state index in [1.54, 1.807) is 18.2 Å². The van der Waals surface area contributed by atoms with Gasteiger partial charge in [-0.3, -0.25) is 4.99 Å². The van der Waals surface area contributed by atoms with Gasteiger partial charge in [0.1, 0.15) is 0 Å². The van der Waals surface area contributed by atoms with E-state index >= 15 is 0 Å². The van der Waals surface area contributed by atoms with Gasteiger partial charge in [0.15, 0.2) is 15.4 Å². The van der Waals surface area contributed by atoms with Gasteiger partial charge in [0.2, 0.25) is 0 Å². The fourth-order valence-corrected chi connectivity index (χ4v) is 6.48. The fourth-order valence-electron chi connectivity index (χ4n) is 5.10. The molecule has 1 unspecified atom stereocenters. The average molecular weight is 588 g/mol. The Morgan fingerprint density at radius 3 is 2.62 bits per heavy atom.